The quantitative estimate of drug-likeness (QED) is 0.259. The molecule has 2 heterocycles. The van der Waals surface area contributed by atoms with Gasteiger partial charge >= 0.3 is 6.09 Å². The zero-order chi connectivity index (χ0) is 25.6. The summed E-state index contributed by atoms with van der Waals surface area (Å²) in [5.41, 5.74) is 0.761. The summed E-state index contributed by atoms with van der Waals surface area (Å²) in [5.74, 6) is -0.0852. The fourth-order valence-electron chi connectivity index (χ4n) is 3.10. The fourth-order valence-corrected chi connectivity index (χ4v) is 5.07. The first kappa shape index (κ1) is 26.4. The smallest absolute Gasteiger partial charge is 0.407 e. The van der Waals surface area contributed by atoms with Crippen LogP contribution in [-0.4, -0.2) is 38.5 Å². The third-order valence-corrected chi connectivity index (χ3v) is 11.5. The van der Waals surface area contributed by atoms with E-state index in [0.717, 1.165) is 26.4 Å². The fraction of sp³-hybridized carbons (Fsp3) is 0.346. The topological polar surface area (TPSA) is 89.5 Å². The molecular weight excluding hydrogens is 478 g/mol. The van der Waals surface area contributed by atoms with Gasteiger partial charge in [-0.2, -0.15) is 0 Å². The van der Waals surface area contributed by atoms with Crippen LogP contribution in [0.1, 0.15) is 32.3 Å². The summed E-state index contributed by atoms with van der Waals surface area (Å²) in [6.45, 7) is 14.7. The van der Waals surface area contributed by atoms with E-state index >= 15 is 0 Å². The Labute approximate surface area is 211 Å². The van der Waals surface area contributed by atoms with Crippen LogP contribution in [0, 0.1) is 0 Å². The van der Waals surface area contributed by atoms with E-state index in [4.69, 9.17) is 9.16 Å². The van der Waals surface area contributed by atoms with Crippen LogP contribution in [-0.2, 0) is 9.53 Å². The number of carbonyl (C=O) groups excluding carboxylic acids is 2. The molecule has 1 atom stereocenters. The second kappa shape index (κ2) is 11.0. The van der Waals surface area contributed by atoms with E-state index in [1.165, 1.54) is 17.4 Å². The largest absolute Gasteiger partial charge is 0.544 e. The number of aromatic nitrogens is 1. The second-order valence-electron chi connectivity index (χ2n) is 9.77. The molecule has 2 amide bonds. The summed E-state index contributed by atoms with van der Waals surface area (Å²) >= 11 is 1.45. The van der Waals surface area contributed by atoms with Crippen LogP contribution in [0.15, 0.2) is 61.4 Å². The third kappa shape index (κ3) is 6.92. The Hall–Kier alpha value is -3.17. The number of alkyl carbamates (subject to hydrolysis) is 1. The van der Waals surface area contributed by atoms with Gasteiger partial charge in [-0.25, -0.2) is 4.79 Å². The van der Waals surface area contributed by atoms with Gasteiger partial charge in [0.2, 0.25) is 14.2 Å². The van der Waals surface area contributed by atoms with Crippen molar-refractivity contribution in [3.8, 4) is 5.75 Å². The number of pyridine rings is 1. The predicted molar refractivity (Wildman–Crippen MR) is 145 cm³/mol. The number of hydrogen-bond acceptors (Lipinski definition) is 6. The van der Waals surface area contributed by atoms with Gasteiger partial charge in [0, 0.05) is 18.9 Å². The summed E-state index contributed by atoms with van der Waals surface area (Å²) in [7, 11) is -1.99. The lowest BCUT2D eigenvalue weighted by Crippen LogP contribution is -2.43. The Balaban J connectivity index is 1.79. The molecule has 1 unspecified atom stereocenters. The molecule has 0 radical (unpaired) electrons. The maximum atomic E-state index is 13.3. The Bertz CT molecular complexity index is 1150. The lowest BCUT2D eigenvalue weighted by molar-refractivity contribution is -0.117. The van der Waals surface area contributed by atoms with Gasteiger partial charge in [-0.3, -0.25) is 9.78 Å². The number of carbonyl (C=O) groups is 2. The van der Waals surface area contributed by atoms with Crippen LogP contribution < -0.4 is 15.1 Å². The van der Waals surface area contributed by atoms with Crippen LogP contribution in [0.2, 0.25) is 18.1 Å². The van der Waals surface area contributed by atoms with Crippen molar-refractivity contribution in [2.24, 2.45) is 0 Å². The van der Waals surface area contributed by atoms with Gasteiger partial charge in [-0.05, 0) is 53.3 Å². The minimum atomic E-state index is -1.99. The second-order valence-corrected chi connectivity index (χ2v) is 15.6. The first-order valence-electron chi connectivity index (χ1n) is 11.4. The van der Waals surface area contributed by atoms with E-state index in [0.29, 0.717) is 0 Å². The van der Waals surface area contributed by atoms with Gasteiger partial charge in [0.25, 0.3) is 0 Å². The first-order valence-corrected chi connectivity index (χ1v) is 15.2. The van der Waals surface area contributed by atoms with E-state index in [-0.39, 0.29) is 24.1 Å². The number of anilines is 1. The van der Waals surface area contributed by atoms with Gasteiger partial charge in [0.15, 0.2) is 0 Å². The molecule has 0 saturated carbocycles. The predicted octanol–water partition coefficient (Wildman–Crippen LogP) is 6.31. The molecule has 0 bridgehead atoms. The lowest BCUT2D eigenvalue weighted by atomic mass is 9.98. The van der Waals surface area contributed by atoms with Crippen molar-refractivity contribution in [2.75, 3.05) is 18.5 Å². The third-order valence-electron chi connectivity index (χ3n) is 6.13. The van der Waals surface area contributed by atoms with Gasteiger partial charge in [0.05, 0.1) is 15.6 Å². The van der Waals surface area contributed by atoms with E-state index < -0.39 is 20.3 Å². The van der Waals surface area contributed by atoms with Crippen LogP contribution >= 0.6 is 11.3 Å². The van der Waals surface area contributed by atoms with Gasteiger partial charge in [-0.15, -0.1) is 11.3 Å². The zero-order valence-corrected chi connectivity index (χ0v) is 22.7. The molecule has 0 aliphatic carbocycles. The first-order chi connectivity index (χ1) is 16.5. The Kier molecular flexibility index (Phi) is 8.34. The molecule has 0 aliphatic heterocycles. The highest BCUT2D eigenvalue weighted by molar-refractivity contribution is 7.22. The zero-order valence-electron chi connectivity index (χ0n) is 20.9. The molecule has 0 spiro atoms. The maximum absolute atomic E-state index is 13.3. The van der Waals surface area contributed by atoms with E-state index in [1.54, 1.807) is 12.4 Å². The Morgan fingerprint density at radius 2 is 1.91 bits per heavy atom. The number of nitrogens with one attached hydrogen (secondary N) is 2. The highest BCUT2D eigenvalue weighted by atomic mass is 32.1. The highest BCUT2D eigenvalue weighted by Gasteiger charge is 2.39. The number of benzene rings is 1. The van der Waals surface area contributed by atoms with Crippen molar-refractivity contribution < 1.29 is 18.8 Å². The number of fused-ring (bicyclic) bond motifs is 1. The number of amides is 2. The molecule has 0 aliphatic rings. The molecule has 186 valence electrons. The number of ether oxygens (including phenoxy) is 1. The molecule has 0 fully saturated rings. The molecule has 0 saturated heterocycles. The Morgan fingerprint density at radius 3 is 2.54 bits per heavy atom. The Morgan fingerprint density at radius 1 is 1.20 bits per heavy atom. The average Bonchev–Trinajstić information content (AvgIpc) is 3.20. The standard InChI is InChI=1S/C26H33N3O4SSi/c1-7-14-32-25(31)28-16-21(24(30)29-23-15-19-12-13-27-17-22(19)34-23)18-8-10-20(11-9-18)33-35(5,6)26(2,3)4/h7-13,15,17,21H,1,14,16H2,2-6H3,(H,28,31)(H,29,30). The maximum Gasteiger partial charge on any atom is 0.407 e. The summed E-state index contributed by atoms with van der Waals surface area (Å²) in [4.78, 5) is 29.4. The minimum Gasteiger partial charge on any atom is -0.544 e. The van der Waals surface area contributed by atoms with Crippen molar-refractivity contribution in [1.82, 2.24) is 10.3 Å². The van der Waals surface area contributed by atoms with Crippen molar-refractivity contribution in [2.45, 2.75) is 44.8 Å². The SMILES string of the molecule is C=CCOC(=O)NCC(C(=O)Nc1cc2ccncc2s1)c1ccc(O[Si](C)(C)C(C)(C)C)cc1. The van der Waals surface area contributed by atoms with Crippen molar-refractivity contribution in [1.29, 1.82) is 0 Å². The summed E-state index contributed by atoms with van der Waals surface area (Å²) in [6, 6.07) is 11.3. The average molecular weight is 512 g/mol. The normalized spacial score (nSPS) is 12.6. The molecular formula is C26H33N3O4SSi. The minimum absolute atomic E-state index is 0.0730. The number of nitrogens with zero attached hydrogens (tertiary/aromatic N) is 1. The molecule has 9 heteroatoms. The van der Waals surface area contributed by atoms with Crippen LogP contribution in [0.25, 0.3) is 10.1 Å². The molecule has 3 aromatic rings. The lowest BCUT2D eigenvalue weighted by Gasteiger charge is -2.36. The van der Waals surface area contributed by atoms with Gasteiger partial charge in [-0.1, -0.05) is 45.6 Å². The molecule has 2 aromatic heterocycles. The number of thiophene rings is 1. The van der Waals surface area contributed by atoms with Gasteiger partial charge < -0.3 is 19.8 Å². The monoisotopic (exact) mass is 511 g/mol. The molecule has 7 nitrogen and oxygen atoms in total. The van der Waals surface area contributed by atoms with E-state index in [1.807, 2.05) is 36.4 Å². The van der Waals surface area contributed by atoms with Crippen molar-refractivity contribution in [3.63, 3.8) is 0 Å². The van der Waals surface area contributed by atoms with E-state index in [9.17, 15) is 9.59 Å². The molecule has 3 rings (SSSR count). The molecule has 35 heavy (non-hydrogen) atoms. The summed E-state index contributed by atoms with van der Waals surface area (Å²) < 4.78 is 12.4. The summed E-state index contributed by atoms with van der Waals surface area (Å²) in [6.07, 6.45) is 4.37. The van der Waals surface area contributed by atoms with Crippen LogP contribution in [0.4, 0.5) is 9.80 Å². The van der Waals surface area contributed by atoms with Gasteiger partial charge in [0.1, 0.15) is 12.4 Å². The van der Waals surface area contributed by atoms with Crippen molar-refractivity contribution >= 4 is 46.7 Å². The van der Waals surface area contributed by atoms with Crippen LogP contribution in [0.5, 0.6) is 5.75 Å². The number of rotatable bonds is 9. The number of hydrogen-bond donors (Lipinski definition) is 2. The molecule has 2 N–H and O–H groups in total. The summed E-state index contributed by atoms with van der Waals surface area (Å²) in [5, 5.41) is 7.47. The van der Waals surface area contributed by atoms with E-state index in [2.05, 4.69) is 56.1 Å². The van der Waals surface area contributed by atoms with Crippen molar-refractivity contribution in [3.05, 3.63) is 67.0 Å². The highest BCUT2D eigenvalue weighted by Crippen LogP contribution is 2.37. The van der Waals surface area contributed by atoms with Crippen LogP contribution in [0.3, 0.4) is 0 Å². The molecule has 1 aromatic carbocycles.